The van der Waals surface area contributed by atoms with Crippen LogP contribution in [0.15, 0.2) is 0 Å². The summed E-state index contributed by atoms with van der Waals surface area (Å²) in [6, 6.07) is 0. The summed E-state index contributed by atoms with van der Waals surface area (Å²) in [7, 11) is 2.12. The zero-order valence-electron chi connectivity index (χ0n) is 8.25. The SMILES string of the molecule is CCC(C)CN(C)CCN.Cl.Cl. The highest BCUT2D eigenvalue weighted by atomic mass is 35.5. The summed E-state index contributed by atoms with van der Waals surface area (Å²) in [6.45, 7) is 7.46. The Balaban J connectivity index is -0.000000405. The second-order valence-electron chi connectivity index (χ2n) is 3.06. The predicted molar refractivity (Wildman–Crippen MR) is 60.5 cm³/mol. The van der Waals surface area contributed by atoms with Crippen molar-refractivity contribution in [3.05, 3.63) is 0 Å². The first-order valence-electron chi connectivity index (χ1n) is 4.09. The molecule has 0 aromatic carbocycles. The van der Waals surface area contributed by atoms with E-state index in [-0.39, 0.29) is 24.8 Å². The molecule has 0 saturated carbocycles. The highest BCUT2D eigenvalue weighted by Gasteiger charge is 2.01. The first-order chi connectivity index (χ1) is 4.70. The normalized spacial score (nSPS) is 11.8. The zero-order chi connectivity index (χ0) is 7.98. The second kappa shape index (κ2) is 11.5. The van der Waals surface area contributed by atoms with Crippen molar-refractivity contribution in [2.75, 3.05) is 26.7 Å². The van der Waals surface area contributed by atoms with Crippen molar-refractivity contribution in [3.8, 4) is 0 Å². The van der Waals surface area contributed by atoms with Crippen LogP contribution in [-0.2, 0) is 0 Å². The highest BCUT2D eigenvalue weighted by molar-refractivity contribution is 5.85. The van der Waals surface area contributed by atoms with Gasteiger partial charge in [-0.1, -0.05) is 20.3 Å². The molecular weight excluding hydrogens is 195 g/mol. The van der Waals surface area contributed by atoms with E-state index in [1.807, 2.05) is 0 Å². The molecule has 0 aromatic rings. The molecule has 0 spiro atoms. The number of rotatable bonds is 5. The van der Waals surface area contributed by atoms with Gasteiger partial charge in [-0.15, -0.1) is 24.8 Å². The Kier molecular flexibility index (Phi) is 17.6. The highest BCUT2D eigenvalue weighted by Crippen LogP contribution is 2.01. The van der Waals surface area contributed by atoms with Crippen LogP contribution in [0.2, 0.25) is 0 Å². The molecule has 0 saturated heterocycles. The maximum absolute atomic E-state index is 5.40. The summed E-state index contributed by atoms with van der Waals surface area (Å²) < 4.78 is 0. The summed E-state index contributed by atoms with van der Waals surface area (Å²) in [5, 5.41) is 0. The summed E-state index contributed by atoms with van der Waals surface area (Å²) in [5.74, 6) is 0.802. The molecule has 1 atom stereocenters. The lowest BCUT2D eigenvalue weighted by molar-refractivity contribution is 0.289. The first-order valence-corrected chi connectivity index (χ1v) is 4.09. The number of hydrogen-bond acceptors (Lipinski definition) is 2. The molecule has 1 unspecified atom stereocenters. The topological polar surface area (TPSA) is 29.3 Å². The standard InChI is InChI=1S/C8H20N2.2ClH/c1-4-8(2)7-10(3)6-5-9;;/h8H,4-7,9H2,1-3H3;2*1H. The van der Waals surface area contributed by atoms with Gasteiger partial charge in [0, 0.05) is 19.6 Å². The second-order valence-corrected chi connectivity index (χ2v) is 3.06. The van der Waals surface area contributed by atoms with Gasteiger partial charge in [-0.25, -0.2) is 0 Å². The third kappa shape index (κ3) is 10.5. The van der Waals surface area contributed by atoms with Gasteiger partial charge in [0.2, 0.25) is 0 Å². The molecule has 0 bridgehead atoms. The minimum Gasteiger partial charge on any atom is -0.329 e. The van der Waals surface area contributed by atoms with Crippen molar-refractivity contribution in [3.63, 3.8) is 0 Å². The van der Waals surface area contributed by atoms with E-state index in [2.05, 4.69) is 25.8 Å². The van der Waals surface area contributed by atoms with Gasteiger partial charge in [0.15, 0.2) is 0 Å². The van der Waals surface area contributed by atoms with E-state index in [1.165, 1.54) is 13.0 Å². The molecule has 0 aliphatic carbocycles. The number of nitrogens with zero attached hydrogens (tertiary/aromatic N) is 1. The quantitative estimate of drug-likeness (QED) is 0.760. The molecule has 0 heterocycles. The van der Waals surface area contributed by atoms with Crippen LogP contribution in [-0.4, -0.2) is 31.6 Å². The van der Waals surface area contributed by atoms with Crippen LogP contribution < -0.4 is 5.73 Å². The Morgan fingerprint density at radius 2 is 1.83 bits per heavy atom. The van der Waals surface area contributed by atoms with E-state index < -0.39 is 0 Å². The van der Waals surface area contributed by atoms with Crippen LogP contribution in [0.5, 0.6) is 0 Å². The van der Waals surface area contributed by atoms with Crippen molar-refractivity contribution in [1.29, 1.82) is 0 Å². The molecule has 0 rings (SSSR count). The van der Waals surface area contributed by atoms with Crippen LogP contribution in [0.25, 0.3) is 0 Å². The van der Waals surface area contributed by atoms with Crippen LogP contribution in [0.4, 0.5) is 0 Å². The Morgan fingerprint density at radius 1 is 1.33 bits per heavy atom. The number of nitrogens with two attached hydrogens (primary N) is 1. The average molecular weight is 217 g/mol. The Hall–Kier alpha value is 0.500. The van der Waals surface area contributed by atoms with Gasteiger partial charge in [-0.3, -0.25) is 0 Å². The Labute approximate surface area is 88.7 Å². The van der Waals surface area contributed by atoms with E-state index in [0.717, 1.165) is 19.0 Å². The molecule has 78 valence electrons. The predicted octanol–water partition coefficient (Wildman–Crippen LogP) is 1.77. The van der Waals surface area contributed by atoms with E-state index in [4.69, 9.17) is 5.73 Å². The van der Waals surface area contributed by atoms with Crippen molar-refractivity contribution < 1.29 is 0 Å². The van der Waals surface area contributed by atoms with E-state index in [9.17, 15) is 0 Å². The molecule has 0 aliphatic rings. The third-order valence-electron chi connectivity index (χ3n) is 1.83. The van der Waals surface area contributed by atoms with Crippen LogP contribution >= 0.6 is 24.8 Å². The number of halogens is 2. The largest absolute Gasteiger partial charge is 0.329 e. The summed E-state index contributed by atoms with van der Waals surface area (Å²) in [6.07, 6.45) is 1.26. The lowest BCUT2D eigenvalue weighted by Gasteiger charge is -2.18. The molecule has 0 radical (unpaired) electrons. The third-order valence-corrected chi connectivity index (χ3v) is 1.83. The lowest BCUT2D eigenvalue weighted by Crippen LogP contribution is -2.29. The maximum atomic E-state index is 5.40. The fraction of sp³-hybridized carbons (Fsp3) is 1.00. The fourth-order valence-corrected chi connectivity index (χ4v) is 0.973. The van der Waals surface area contributed by atoms with Gasteiger partial charge < -0.3 is 10.6 Å². The summed E-state index contributed by atoms with van der Waals surface area (Å²) >= 11 is 0. The molecule has 2 nitrogen and oxygen atoms in total. The van der Waals surface area contributed by atoms with Crippen LogP contribution in [0.3, 0.4) is 0 Å². The molecule has 0 amide bonds. The van der Waals surface area contributed by atoms with Gasteiger partial charge in [0.05, 0.1) is 0 Å². The monoisotopic (exact) mass is 216 g/mol. The summed E-state index contributed by atoms with van der Waals surface area (Å²) in [4.78, 5) is 2.29. The van der Waals surface area contributed by atoms with E-state index in [1.54, 1.807) is 0 Å². The molecule has 2 N–H and O–H groups in total. The van der Waals surface area contributed by atoms with Crippen LogP contribution in [0, 0.1) is 5.92 Å². The fourth-order valence-electron chi connectivity index (χ4n) is 0.973. The van der Waals surface area contributed by atoms with Crippen molar-refractivity contribution >= 4 is 24.8 Å². The van der Waals surface area contributed by atoms with E-state index >= 15 is 0 Å². The smallest absolute Gasteiger partial charge is 0.0102 e. The zero-order valence-corrected chi connectivity index (χ0v) is 9.88. The molecular formula is C8H22Cl2N2. The minimum absolute atomic E-state index is 0. The molecule has 0 fully saturated rings. The Bertz CT molecular complexity index is 81.5. The van der Waals surface area contributed by atoms with Crippen LogP contribution in [0.1, 0.15) is 20.3 Å². The first kappa shape index (κ1) is 18.3. The molecule has 4 heteroatoms. The van der Waals surface area contributed by atoms with Gasteiger partial charge in [0.25, 0.3) is 0 Å². The van der Waals surface area contributed by atoms with Gasteiger partial charge in [-0.2, -0.15) is 0 Å². The minimum atomic E-state index is 0. The molecule has 0 aromatic heterocycles. The Morgan fingerprint density at radius 3 is 2.17 bits per heavy atom. The average Bonchev–Trinajstić information content (AvgIpc) is 1.88. The summed E-state index contributed by atoms with van der Waals surface area (Å²) in [5.41, 5.74) is 5.40. The number of hydrogen-bond donors (Lipinski definition) is 1. The van der Waals surface area contributed by atoms with Crippen molar-refractivity contribution in [1.82, 2.24) is 4.90 Å². The molecule has 0 aliphatic heterocycles. The maximum Gasteiger partial charge on any atom is 0.0102 e. The van der Waals surface area contributed by atoms with Crippen molar-refractivity contribution in [2.45, 2.75) is 20.3 Å². The number of likely N-dealkylation sites (N-methyl/N-ethyl adjacent to an activating group) is 1. The molecule has 12 heavy (non-hydrogen) atoms. The van der Waals surface area contributed by atoms with Crippen molar-refractivity contribution in [2.24, 2.45) is 11.7 Å². The van der Waals surface area contributed by atoms with Gasteiger partial charge >= 0.3 is 0 Å². The van der Waals surface area contributed by atoms with E-state index in [0.29, 0.717) is 0 Å². The van der Waals surface area contributed by atoms with Gasteiger partial charge in [-0.05, 0) is 13.0 Å². The lowest BCUT2D eigenvalue weighted by atomic mass is 10.1. The van der Waals surface area contributed by atoms with Gasteiger partial charge in [0.1, 0.15) is 0 Å².